The summed E-state index contributed by atoms with van der Waals surface area (Å²) in [4.78, 5) is 24.8. The fourth-order valence-electron chi connectivity index (χ4n) is 2.74. The number of rotatable bonds is 5. The topological polar surface area (TPSA) is 57.6 Å². The maximum Gasteiger partial charge on any atom is 0.303 e. The molecule has 1 aromatic carbocycles. The van der Waals surface area contributed by atoms with Crippen LogP contribution in [0.4, 0.5) is 0 Å². The van der Waals surface area contributed by atoms with Crippen LogP contribution in [0.2, 0.25) is 5.02 Å². The molecule has 1 fully saturated rings. The second-order valence-corrected chi connectivity index (χ2v) is 6.02. The van der Waals surface area contributed by atoms with E-state index in [1.807, 2.05) is 17.0 Å². The molecule has 21 heavy (non-hydrogen) atoms. The highest BCUT2D eigenvalue weighted by Crippen LogP contribution is 2.22. The Morgan fingerprint density at radius 2 is 2.00 bits per heavy atom. The van der Waals surface area contributed by atoms with Crippen molar-refractivity contribution in [3.05, 3.63) is 34.9 Å². The highest BCUT2D eigenvalue weighted by Gasteiger charge is 2.23. The minimum Gasteiger partial charge on any atom is -0.481 e. The number of halogens is 1. The summed E-state index contributed by atoms with van der Waals surface area (Å²) < 4.78 is 0. The zero-order valence-corrected chi connectivity index (χ0v) is 12.7. The summed E-state index contributed by atoms with van der Waals surface area (Å²) in [5.74, 6) is -0.346. The van der Waals surface area contributed by atoms with E-state index in [4.69, 9.17) is 16.7 Å². The average molecular weight is 310 g/mol. The summed E-state index contributed by atoms with van der Waals surface area (Å²) >= 11 is 5.83. The predicted molar refractivity (Wildman–Crippen MR) is 81.3 cm³/mol. The molecule has 1 aromatic rings. The fraction of sp³-hybridized carbons (Fsp3) is 0.500. The van der Waals surface area contributed by atoms with E-state index in [0.717, 1.165) is 24.9 Å². The normalized spacial score (nSPS) is 18.5. The molecule has 5 heteroatoms. The van der Waals surface area contributed by atoms with E-state index in [-0.39, 0.29) is 12.3 Å². The van der Waals surface area contributed by atoms with Gasteiger partial charge < -0.3 is 10.0 Å². The number of hydrogen-bond acceptors (Lipinski definition) is 2. The molecule has 4 nitrogen and oxygen atoms in total. The quantitative estimate of drug-likeness (QED) is 0.909. The Bertz CT molecular complexity index is 501. The molecule has 0 spiro atoms. The summed E-state index contributed by atoms with van der Waals surface area (Å²) in [5.41, 5.74) is 0.956. The molecule has 114 valence electrons. The van der Waals surface area contributed by atoms with Crippen molar-refractivity contribution < 1.29 is 14.7 Å². The lowest BCUT2D eigenvalue weighted by Crippen LogP contribution is -2.40. The Hall–Kier alpha value is -1.55. The van der Waals surface area contributed by atoms with E-state index < -0.39 is 5.97 Å². The molecule has 1 heterocycles. The summed E-state index contributed by atoms with van der Waals surface area (Å²) in [5, 5.41) is 9.41. The van der Waals surface area contributed by atoms with E-state index in [9.17, 15) is 9.59 Å². The summed E-state index contributed by atoms with van der Waals surface area (Å²) in [7, 11) is 0. The number of carbonyl (C=O) groups excluding carboxylic acids is 1. The zero-order valence-electron chi connectivity index (χ0n) is 11.9. The third kappa shape index (κ3) is 5.05. The van der Waals surface area contributed by atoms with Crippen molar-refractivity contribution in [2.75, 3.05) is 13.1 Å². The van der Waals surface area contributed by atoms with Crippen LogP contribution in [0.3, 0.4) is 0 Å². The number of carboxylic acids is 1. The maximum absolute atomic E-state index is 12.3. The van der Waals surface area contributed by atoms with Crippen molar-refractivity contribution in [1.82, 2.24) is 4.90 Å². The van der Waals surface area contributed by atoms with Crippen LogP contribution in [0.5, 0.6) is 0 Å². The van der Waals surface area contributed by atoms with Gasteiger partial charge in [0.15, 0.2) is 0 Å². The van der Waals surface area contributed by atoms with Gasteiger partial charge in [0.2, 0.25) is 5.91 Å². The van der Waals surface area contributed by atoms with Gasteiger partial charge in [-0.05, 0) is 42.9 Å². The molecular formula is C16H20ClNO3. The molecule has 0 aromatic heterocycles. The molecule has 1 saturated heterocycles. The van der Waals surface area contributed by atoms with Gasteiger partial charge in [0.25, 0.3) is 0 Å². The number of amides is 1. The molecule has 1 atom stereocenters. The van der Waals surface area contributed by atoms with E-state index in [0.29, 0.717) is 30.3 Å². The Kier molecular flexibility index (Phi) is 5.62. The summed E-state index contributed by atoms with van der Waals surface area (Å²) in [6.45, 7) is 1.45. The largest absolute Gasteiger partial charge is 0.481 e. The first-order chi connectivity index (χ1) is 10.0. The van der Waals surface area contributed by atoms with E-state index in [1.165, 1.54) is 0 Å². The van der Waals surface area contributed by atoms with Gasteiger partial charge in [0.1, 0.15) is 0 Å². The summed E-state index contributed by atoms with van der Waals surface area (Å²) in [6, 6.07) is 7.31. The number of nitrogens with zero attached hydrogens (tertiary/aromatic N) is 1. The number of piperidine rings is 1. The van der Waals surface area contributed by atoms with Crippen molar-refractivity contribution in [1.29, 1.82) is 0 Å². The van der Waals surface area contributed by atoms with Gasteiger partial charge in [-0.25, -0.2) is 0 Å². The fourth-order valence-corrected chi connectivity index (χ4v) is 2.87. The molecule has 1 aliphatic heterocycles. The van der Waals surface area contributed by atoms with Crippen LogP contribution in [0, 0.1) is 5.92 Å². The molecular weight excluding hydrogens is 290 g/mol. The highest BCUT2D eigenvalue weighted by molar-refractivity contribution is 6.30. The van der Waals surface area contributed by atoms with Crippen LogP contribution in [0.25, 0.3) is 0 Å². The van der Waals surface area contributed by atoms with Crippen LogP contribution < -0.4 is 0 Å². The van der Waals surface area contributed by atoms with Crippen LogP contribution in [-0.2, 0) is 16.0 Å². The Labute approximate surface area is 129 Å². The van der Waals surface area contributed by atoms with Gasteiger partial charge in [-0.15, -0.1) is 0 Å². The van der Waals surface area contributed by atoms with Crippen LogP contribution in [0.1, 0.15) is 31.2 Å². The first kappa shape index (κ1) is 15.8. The van der Waals surface area contributed by atoms with Crippen molar-refractivity contribution >= 4 is 23.5 Å². The molecule has 2 rings (SSSR count). The standard InChI is InChI=1S/C16H20ClNO3/c17-14-6-3-12(4-7-14)10-15(19)18-9-1-2-13(11-18)5-8-16(20)21/h3-4,6-7,13H,1-2,5,8-11H2,(H,20,21)/t13-/m0/s1. The minimum absolute atomic E-state index is 0.109. The number of aliphatic carboxylic acids is 1. The second kappa shape index (κ2) is 7.46. The van der Waals surface area contributed by atoms with Gasteiger partial charge in [0.05, 0.1) is 6.42 Å². The number of carbonyl (C=O) groups is 2. The Balaban J connectivity index is 1.86. The van der Waals surface area contributed by atoms with Crippen LogP contribution in [0.15, 0.2) is 24.3 Å². The van der Waals surface area contributed by atoms with E-state index in [1.54, 1.807) is 12.1 Å². The van der Waals surface area contributed by atoms with Gasteiger partial charge >= 0.3 is 5.97 Å². The molecule has 1 aliphatic rings. The number of hydrogen-bond donors (Lipinski definition) is 1. The third-order valence-corrected chi connectivity index (χ3v) is 4.16. The monoisotopic (exact) mass is 309 g/mol. The summed E-state index contributed by atoms with van der Waals surface area (Å²) in [6.07, 6.45) is 3.18. The minimum atomic E-state index is -0.764. The third-order valence-electron chi connectivity index (χ3n) is 3.91. The Morgan fingerprint density at radius 1 is 1.29 bits per heavy atom. The van der Waals surface area contributed by atoms with Gasteiger partial charge in [-0.1, -0.05) is 23.7 Å². The molecule has 0 unspecified atom stereocenters. The van der Waals surface area contributed by atoms with Crippen molar-refractivity contribution in [2.24, 2.45) is 5.92 Å². The van der Waals surface area contributed by atoms with Crippen LogP contribution in [-0.4, -0.2) is 35.0 Å². The molecule has 1 N–H and O–H groups in total. The lowest BCUT2D eigenvalue weighted by Gasteiger charge is -2.32. The molecule has 0 saturated carbocycles. The number of benzene rings is 1. The smallest absolute Gasteiger partial charge is 0.303 e. The molecule has 1 amide bonds. The number of carboxylic acid groups (broad SMARTS) is 1. The average Bonchev–Trinajstić information content (AvgIpc) is 2.48. The molecule has 0 aliphatic carbocycles. The Morgan fingerprint density at radius 3 is 2.67 bits per heavy atom. The second-order valence-electron chi connectivity index (χ2n) is 5.58. The van der Waals surface area contributed by atoms with Gasteiger partial charge in [-0.3, -0.25) is 9.59 Å². The molecule has 0 radical (unpaired) electrons. The van der Waals surface area contributed by atoms with E-state index >= 15 is 0 Å². The van der Waals surface area contributed by atoms with Crippen LogP contribution >= 0.6 is 11.6 Å². The SMILES string of the molecule is O=C(O)CC[C@@H]1CCCN(C(=O)Cc2ccc(Cl)cc2)C1. The van der Waals surface area contributed by atoms with Crippen molar-refractivity contribution in [3.8, 4) is 0 Å². The number of likely N-dealkylation sites (tertiary alicyclic amines) is 1. The van der Waals surface area contributed by atoms with E-state index in [2.05, 4.69) is 0 Å². The first-order valence-electron chi connectivity index (χ1n) is 7.28. The van der Waals surface area contributed by atoms with Gasteiger partial charge in [0, 0.05) is 24.5 Å². The maximum atomic E-state index is 12.3. The van der Waals surface area contributed by atoms with Gasteiger partial charge in [-0.2, -0.15) is 0 Å². The lowest BCUT2D eigenvalue weighted by molar-refractivity contribution is -0.137. The lowest BCUT2D eigenvalue weighted by atomic mass is 9.93. The zero-order chi connectivity index (χ0) is 15.2. The highest BCUT2D eigenvalue weighted by atomic mass is 35.5. The molecule has 0 bridgehead atoms. The van der Waals surface area contributed by atoms with Crippen molar-refractivity contribution in [3.63, 3.8) is 0 Å². The first-order valence-corrected chi connectivity index (χ1v) is 7.66. The van der Waals surface area contributed by atoms with Crippen molar-refractivity contribution in [2.45, 2.75) is 32.1 Å². The predicted octanol–water partition coefficient (Wildman–Crippen LogP) is 2.99.